The third kappa shape index (κ3) is 4.43. The Hall–Kier alpha value is -3.91. The number of aryl methyl sites for hydroxylation is 1. The van der Waals surface area contributed by atoms with Crippen molar-refractivity contribution >= 4 is 17.5 Å². The molecule has 138 valence electrons. The van der Waals surface area contributed by atoms with E-state index in [1.807, 2.05) is 37.3 Å². The molecule has 3 aromatic rings. The van der Waals surface area contributed by atoms with Crippen LogP contribution in [0.3, 0.4) is 0 Å². The van der Waals surface area contributed by atoms with E-state index in [0.717, 1.165) is 11.1 Å². The van der Waals surface area contributed by atoms with E-state index < -0.39 is 0 Å². The zero-order valence-electron chi connectivity index (χ0n) is 15.4. The Balaban J connectivity index is 1.71. The number of nitrogens with zero attached hydrogens (tertiary/aromatic N) is 1. The Bertz CT molecular complexity index is 1070. The summed E-state index contributed by atoms with van der Waals surface area (Å²) in [6, 6.07) is 23.1. The molecule has 0 fully saturated rings. The fourth-order valence-corrected chi connectivity index (χ4v) is 2.77. The lowest BCUT2D eigenvalue weighted by molar-refractivity contribution is 0.0951. The number of hydrogen-bond acceptors (Lipinski definition) is 3. The van der Waals surface area contributed by atoms with Gasteiger partial charge in [-0.05, 0) is 48.4 Å². The first kappa shape index (κ1) is 18.9. The number of carbonyl (C=O) groups excluding carboxylic acids is 2. The van der Waals surface area contributed by atoms with Gasteiger partial charge in [-0.15, -0.1) is 0 Å². The van der Waals surface area contributed by atoms with Crippen LogP contribution in [0.4, 0.5) is 5.69 Å². The second-order valence-corrected chi connectivity index (χ2v) is 6.30. The van der Waals surface area contributed by atoms with Gasteiger partial charge in [-0.25, -0.2) is 0 Å². The van der Waals surface area contributed by atoms with Crippen LogP contribution in [0.15, 0.2) is 72.8 Å². The van der Waals surface area contributed by atoms with Crippen molar-refractivity contribution in [3.8, 4) is 6.07 Å². The van der Waals surface area contributed by atoms with Crippen LogP contribution in [0.5, 0.6) is 0 Å². The maximum atomic E-state index is 12.5. The van der Waals surface area contributed by atoms with Crippen LogP contribution in [-0.4, -0.2) is 11.8 Å². The molecule has 5 heteroatoms. The number of hydrogen-bond donors (Lipinski definition) is 2. The summed E-state index contributed by atoms with van der Waals surface area (Å²) in [5.74, 6) is -0.633. The molecule has 0 radical (unpaired) electrons. The fourth-order valence-electron chi connectivity index (χ4n) is 2.77. The molecule has 3 aromatic carbocycles. The molecule has 0 aliphatic heterocycles. The normalized spacial score (nSPS) is 10.0. The Morgan fingerprint density at radius 1 is 0.893 bits per heavy atom. The number of para-hydroxylation sites is 1. The molecule has 0 heterocycles. The molecule has 0 bridgehead atoms. The summed E-state index contributed by atoms with van der Waals surface area (Å²) >= 11 is 0. The molecule has 0 spiro atoms. The van der Waals surface area contributed by atoms with Crippen LogP contribution in [0.2, 0.25) is 0 Å². The molecule has 0 unspecified atom stereocenters. The summed E-state index contributed by atoms with van der Waals surface area (Å²) < 4.78 is 0. The number of amides is 2. The third-order valence-electron chi connectivity index (χ3n) is 4.38. The minimum Gasteiger partial charge on any atom is -0.348 e. The highest BCUT2D eigenvalue weighted by Gasteiger charge is 2.12. The van der Waals surface area contributed by atoms with Crippen LogP contribution in [0, 0.1) is 18.3 Å². The Labute approximate surface area is 163 Å². The van der Waals surface area contributed by atoms with Crippen LogP contribution in [0.1, 0.15) is 37.4 Å². The quantitative estimate of drug-likeness (QED) is 0.712. The van der Waals surface area contributed by atoms with Crippen LogP contribution in [0.25, 0.3) is 0 Å². The van der Waals surface area contributed by atoms with E-state index in [1.165, 1.54) is 6.07 Å². The van der Waals surface area contributed by atoms with Crippen molar-refractivity contribution in [2.24, 2.45) is 0 Å². The van der Waals surface area contributed by atoms with E-state index in [-0.39, 0.29) is 11.8 Å². The zero-order valence-corrected chi connectivity index (χ0v) is 15.4. The first-order valence-corrected chi connectivity index (χ1v) is 8.82. The number of nitrogens with one attached hydrogen (secondary N) is 2. The summed E-state index contributed by atoms with van der Waals surface area (Å²) in [6.07, 6.45) is 0. The van der Waals surface area contributed by atoms with Crippen molar-refractivity contribution in [3.63, 3.8) is 0 Å². The highest BCUT2D eigenvalue weighted by Crippen LogP contribution is 2.16. The fraction of sp³-hybridized carbons (Fsp3) is 0.0870. The zero-order chi connectivity index (χ0) is 19.9. The average molecular weight is 369 g/mol. The van der Waals surface area contributed by atoms with E-state index in [4.69, 9.17) is 5.26 Å². The number of anilines is 1. The number of benzene rings is 3. The van der Waals surface area contributed by atoms with Crippen molar-refractivity contribution in [1.82, 2.24) is 5.32 Å². The monoisotopic (exact) mass is 369 g/mol. The molecule has 0 aromatic heterocycles. The summed E-state index contributed by atoms with van der Waals surface area (Å²) in [6.45, 7) is 2.41. The van der Waals surface area contributed by atoms with Crippen molar-refractivity contribution in [2.75, 3.05) is 5.32 Å². The maximum absolute atomic E-state index is 12.5. The molecule has 2 N–H and O–H groups in total. The molecule has 28 heavy (non-hydrogen) atoms. The molecule has 0 saturated carbocycles. The van der Waals surface area contributed by atoms with E-state index in [0.29, 0.717) is 28.9 Å². The number of nitriles is 1. The summed E-state index contributed by atoms with van der Waals surface area (Å²) in [4.78, 5) is 25.0. The highest BCUT2D eigenvalue weighted by molar-refractivity contribution is 6.06. The lowest BCUT2D eigenvalue weighted by atomic mass is 10.1. The van der Waals surface area contributed by atoms with Gasteiger partial charge >= 0.3 is 0 Å². The number of carbonyl (C=O) groups is 2. The van der Waals surface area contributed by atoms with Gasteiger partial charge in [0.2, 0.25) is 0 Å². The maximum Gasteiger partial charge on any atom is 0.255 e. The Morgan fingerprint density at radius 3 is 2.32 bits per heavy atom. The Kier molecular flexibility index (Phi) is 5.83. The van der Waals surface area contributed by atoms with E-state index in [9.17, 15) is 9.59 Å². The minimum atomic E-state index is -0.378. The van der Waals surface area contributed by atoms with Gasteiger partial charge in [-0.2, -0.15) is 5.26 Å². The first-order valence-electron chi connectivity index (χ1n) is 8.82. The van der Waals surface area contributed by atoms with Gasteiger partial charge < -0.3 is 10.6 Å². The van der Waals surface area contributed by atoms with Gasteiger partial charge in [-0.1, -0.05) is 42.5 Å². The van der Waals surface area contributed by atoms with Gasteiger partial charge in [-0.3, -0.25) is 9.59 Å². The van der Waals surface area contributed by atoms with Gasteiger partial charge in [0, 0.05) is 17.7 Å². The van der Waals surface area contributed by atoms with Gasteiger partial charge in [0.1, 0.15) is 6.07 Å². The van der Waals surface area contributed by atoms with Crippen LogP contribution in [-0.2, 0) is 6.54 Å². The summed E-state index contributed by atoms with van der Waals surface area (Å²) in [5, 5.41) is 14.7. The lowest BCUT2D eigenvalue weighted by Gasteiger charge is -2.10. The topological polar surface area (TPSA) is 82.0 Å². The van der Waals surface area contributed by atoms with Crippen LogP contribution >= 0.6 is 0 Å². The smallest absolute Gasteiger partial charge is 0.255 e. The van der Waals surface area contributed by atoms with E-state index in [2.05, 4.69) is 10.6 Å². The van der Waals surface area contributed by atoms with Crippen LogP contribution < -0.4 is 10.6 Å². The van der Waals surface area contributed by atoms with Gasteiger partial charge in [0.25, 0.3) is 11.8 Å². The molecular weight excluding hydrogens is 350 g/mol. The second kappa shape index (κ2) is 8.65. The average Bonchev–Trinajstić information content (AvgIpc) is 2.73. The first-order chi connectivity index (χ1) is 13.6. The highest BCUT2D eigenvalue weighted by atomic mass is 16.2. The SMILES string of the molecule is Cc1ccccc1CNC(=O)c1cccc(C(=O)Nc2ccccc2C#N)c1. The van der Waals surface area contributed by atoms with Crippen molar-refractivity contribution in [3.05, 3.63) is 101 Å². The molecule has 0 atom stereocenters. The lowest BCUT2D eigenvalue weighted by Crippen LogP contribution is -2.23. The van der Waals surface area contributed by atoms with Gasteiger partial charge in [0.05, 0.1) is 11.3 Å². The summed E-state index contributed by atoms with van der Waals surface area (Å²) in [5.41, 5.74) is 3.70. The van der Waals surface area contributed by atoms with E-state index in [1.54, 1.807) is 42.5 Å². The van der Waals surface area contributed by atoms with Gasteiger partial charge in [0.15, 0.2) is 0 Å². The number of rotatable bonds is 5. The molecule has 0 saturated heterocycles. The largest absolute Gasteiger partial charge is 0.348 e. The van der Waals surface area contributed by atoms with Crippen molar-refractivity contribution in [1.29, 1.82) is 5.26 Å². The predicted molar refractivity (Wildman–Crippen MR) is 108 cm³/mol. The third-order valence-corrected chi connectivity index (χ3v) is 4.38. The summed E-state index contributed by atoms with van der Waals surface area (Å²) in [7, 11) is 0. The van der Waals surface area contributed by atoms with Crippen molar-refractivity contribution in [2.45, 2.75) is 13.5 Å². The Morgan fingerprint density at radius 2 is 1.57 bits per heavy atom. The molecule has 3 rings (SSSR count). The molecule has 5 nitrogen and oxygen atoms in total. The second-order valence-electron chi connectivity index (χ2n) is 6.30. The molecular formula is C23H19N3O2. The minimum absolute atomic E-state index is 0.254. The molecule has 0 aliphatic rings. The van der Waals surface area contributed by atoms with E-state index >= 15 is 0 Å². The standard InChI is InChI=1S/C23H19N3O2/c1-16-7-2-3-9-20(16)15-25-22(27)17-10-6-11-18(13-17)23(28)26-21-12-5-4-8-19(21)14-24/h2-13H,15H2,1H3,(H,25,27)(H,26,28). The van der Waals surface area contributed by atoms with Crippen molar-refractivity contribution < 1.29 is 9.59 Å². The molecule has 2 amide bonds. The predicted octanol–water partition coefficient (Wildman–Crippen LogP) is 4.05. The molecule has 0 aliphatic carbocycles.